The summed E-state index contributed by atoms with van der Waals surface area (Å²) in [4.78, 5) is 4.34. The summed E-state index contributed by atoms with van der Waals surface area (Å²) in [6, 6.07) is 4.16. The first kappa shape index (κ1) is 15.1. The van der Waals surface area contributed by atoms with E-state index in [-0.39, 0.29) is 0 Å². The highest BCUT2D eigenvalue weighted by atomic mass is 16.5. The molecule has 1 rings (SSSR count). The molecule has 0 spiro atoms. The first-order valence-corrected chi connectivity index (χ1v) is 6.52. The second-order valence-corrected chi connectivity index (χ2v) is 4.32. The summed E-state index contributed by atoms with van der Waals surface area (Å²) in [5.74, 6) is 0. The molecule has 0 saturated heterocycles. The normalized spacial score (nSPS) is 10.8. The molecule has 4 heteroatoms. The van der Waals surface area contributed by atoms with E-state index in [1.165, 1.54) is 5.56 Å². The first-order chi connectivity index (χ1) is 8.83. The van der Waals surface area contributed by atoms with Gasteiger partial charge >= 0.3 is 0 Å². The maximum absolute atomic E-state index is 5.39. The van der Waals surface area contributed by atoms with Gasteiger partial charge in [-0.1, -0.05) is 6.07 Å². The fourth-order valence-corrected chi connectivity index (χ4v) is 1.52. The molecule has 1 heterocycles. The molecule has 0 aliphatic rings. The first-order valence-electron chi connectivity index (χ1n) is 6.52. The SMILES string of the molecule is COCCOCCCCNCc1ccc(C)cn1. The molecule has 4 nitrogen and oxygen atoms in total. The van der Waals surface area contributed by atoms with Crippen molar-refractivity contribution in [2.45, 2.75) is 26.3 Å². The quantitative estimate of drug-likeness (QED) is 0.646. The van der Waals surface area contributed by atoms with Gasteiger partial charge in [-0.2, -0.15) is 0 Å². The number of aromatic nitrogens is 1. The molecule has 0 aliphatic heterocycles. The summed E-state index contributed by atoms with van der Waals surface area (Å²) in [7, 11) is 1.69. The van der Waals surface area contributed by atoms with Gasteiger partial charge < -0.3 is 14.8 Å². The average molecular weight is 252 g/mol. The number of pyridine rings is 1. The third-order valence-corrected chi connectivity index (χ3v) is 2.60. The topological polar surface area (TPSA) is 43.4 Å². The van der Waals surface area contributed by atoms with Crippen molar-refractivity contribution in [3.63, 3.8) is 0 Å². The van der Waals surface area contributed by atoms with Gasteiger partial charge in [0.25, 0.3) is 0 Å². The Labute approximate surface area is 110 Å². The number of rotatable bonds is 10. The molecule has 0 atom stereocenters. The Bertz CT molecular complexity index is 301. The molecule has 18 heavy (non-hydrogen) atoms. The number of hydrogen-bond donors (Lipinski definition) is 1. The molecular formula is C14H24N2O2. The van der Waals surface area contributed by atoms with Gasteiger partial charge in [0.1, 0.15) is 0 Å². The third kappa shape index (κ3) is 7.37. The van der Waals surface area contributed by atoms with Crippen molar-refractivity contribution < 1.29 is 9.47 Å². The third-order valence-electron chi connectivity index (χ3n) is 2.60. The van der Waals surface area contributed by atoms with Crippen LogP contribution in [0.15, 0.2) is 18.3 Å². The van der Waals surface area contributed by atoms with Crippen LogP contribution in [0, 0.1) is 6.92 Å². The predicted octanol–water partition coefficient (Wildman–Crippen LogP) is 1.92. The number of hydrogen-bond acceptors (Lipinski definition) is 4. The number of nitrogens with zero attached hydrogens (tertiary/aromatic N) is 1. The summed E-state index contributed by atoms with van der Waals surface area (Å²) in [5, 5.41) is 3.38. The lowest BCUT2D eigenvalue weighted by atomic mass is 10.2. The molecule has 0 radical (unpaired) electrons. The molecule has 0 aromatic carbocycles. The van der Waals surface area contributed by atoms with Gasteiger partial charge in [-0.05, 0) is 37.9 Å². The summed E-state index contributed by atoms with van der Waals surface area (Å²) in [6.45, 7) is 6.07. The highest BCUT2D eigenvalue weighted by Gasteiger charge is 1.94. The number of methoxy groups -OCH3 is 1. The van der Waals surface area contributed by atoms with Crippen LogP contribution in [-0.4, -0.2) is 38.5 Å². The molecule has 0 unspecified atom stereocenters. The molecule has 0 aliphatic carbocycles. The Balaban J connectivity index is 1.91. The molecule has 0 fully saturated rings. The lowest BCUT2D eigenvalue weighted by Crippen LogP contribution is -2.16. The number of nitrogens with one attached hydrogen (secondary N) is 1. The molecule has 0 bridgehead atoms. The fraction of sp³-hybridized carbons (Fsp3) is 0.643. The second-order valence-electron chi connectivity index (χ2n) is 4.32. The van der Waals surface area contributed by atoms with Crippen molar-refractivity contribution in [2.24, 2.45) is 0 Å². The molecule has 1 aromatic heterocycles. The van der Waals surface area contributed by atoms with E-state index >= 15 is 0 Å². The van der Waals surface area contributed by atoms with Crippen molar-refractivity contribution in [3.05, 3.63) is 29.6 Å². The summed E-state index contributed by atoms with van der Waals surface area (Å²) in [6.07, 6.45) is 4.11. The zero-order valence-corrected chi connectivity index (χ0v) is 11.4. The van der Waals surface area contributed by atoms with Gasteiger partial charge in [0.2, 0.25) is 0 Å². The minimum atomic E-state index is 0.678. The zero-order chi connectivity index (χ0) is 13.1. The van der Waals surface area contributed by atoms with Crippen molar-refractivity contribution in [1.29, 1.82) is 0 Å². The van der Waals surface area contributed by atoms with Crippen molar-refractivity contribution in [3.8, 4) is 0 Å². The summed E-state index contributed by atoms with van der Waals surface area (Å²) < 4.78 is 10.3. The summed E-state index contributed by atoms with van der Waals surface area (Å²) in [5.41, 5.74) is 2.30. The van der Waals surface area contributed by atoms with E-state index in [9.17, 15) is 0 Å². The van der Waals surface area contributed by atoms with E-state index < -0.39 is 0 Å². The standard InChI is InChI=1S/C14H24N2O2/c1-13-5-6-14(16-11-13)12-15-7-3-4-8-18-10-9-17-2/h5-6,11,15H,3-4,7-10,12H2,1-2H3. The molecule has 1 aromatic rings. The number of unbranched alkanes of at least 4 members (excludes halogenated alkanes) is 1. The zero-order valence-electron chi connectivity index (χ0n) is 11.4. The molecule has 102 valence electrons. The van der Waals surface area contributed by atoms with E-state index in [1.54, 1.807) is 7.11 Å². The molecule has 0 amide bonds. The highest BCUT2D eigenvalue weighted by molar-refractivity contribution is 5.11. The van der Waals surface area contributed by atoms with E-state index in [1.807, 2.05) is 13.1 Å². The maximum atomic E-state index is 5.39. The van der Waals surface area contributed by atoms with Gasteiger partial charge in [-0.25, -0.2) is 0 Å². The highest BCUT2D eigenvalue weighted by Crippen LogP contribution is 1.98. The monoisotopic (exact) mass is 252 g/mol. The van der Waals surface area contributed by atoms with Gasteiger partial charge in [-0.15, -0.1) is 0 Å². The van der Waals surface area contributed by atoms with Gasteiger partial charge in [-0.3, -0.25) is 4.98 Å². The van der Waals surface area contributed by atoms with Crippen molar-refractivity contribution >= 4 is 0 Å². The van der Waals surface area contributed by atoms with Gasteiger partial charge in [0.15, 0.2) is 0 Å². The minimum absolute atomic E-state index is 0.678. The van der Waals surface area contributed by atoms with E-state index in [0.717, 1.165) is 38.2 Å². The Morgan fingerprint density at radius 2 is 2.06 bits per heavy atom. The van der Waals surface area contributed by atoms with Crippen LogP contribution >= 0.6 is 0 Å². The van der Waals surface area contributed by atoms with Crippen LogP contribution in [0.4, 0.5) is 0 Å². The largest absolute Gasteiger partial charge is 0.382 e. The van der Waals surface area contributed by atoms with Crippen LogP contribution in [0.3, 0.4) is 0 Å². The Hall–Kier alpha value is -0.970. The van der Waals surface area contributed by atoms with E-state index in [2.05, 4.69) is 22.4 Å². The van der Waals surface area contributed by atoms with Crippen LogP contribution < -0.4 is 5.32 Å². The number of aryl methyl sites for hydroxylation is 1. The Morgan fingerprint density at radius 3 is 2.78 bits per heavy atom. The fourth-order valence-electron chi connectivity index (χ4n) is 1.52. The lowest BCUT2D eigenvalue weighted by Gasteiger charge is -2.05. The average Bonchev–Trinajstić information content (AvgIpc) is 2.39. The van der Waals surface area contributed by atoms with E-state index in [0.29, 0.717) is 13.2 Å². The van der Waals surface area contributed by atoms with Crippen LogP contribution in [-0.2, 0) is 16.0 Å². The summed E-state index contributed by atoms with van der Waals surface area (Å²) >= 11 is 0. The molecule has 1 N–H and O–H groups in total. The van der Waals surface area contributed by atoms with Crippen LogP contribution in [0.5, 0.6) is 0 Å². The van der Waals surface area contributed by atoms with Gasteiger partial charge in [0, 0.05) is 26.5 Å². The van der Waals surface area contributed by atoms with Crippen LogP contribution in [0.2, 0.25) is 0 Å². The van der Waals surface area contributed by atoms with Crippen LogP contribution in [0.25, 0.3) is 0 Å². The van der Waals surface area contributed by atoms with Gasteiger partial charge in [0.05, 0.1) is 18.9 Å². The molecular weight excluding hydrogens is 228 g/mol. The minimum Gasteiger partial charge on any atom is -0.382 e. The van der Waals surface area contributed by atoms with Crippen LogP contribution in [0.1, 0.15) is 24.1 Å². The van der Waals surface area contributed by atoms with E-state index in [4.69, 9.17) is 9.47 Å². The molecule has 0 saturated carbocycles. The smallest absolute Gasteiger partial charge is 0.0700 e. The predicted molar refractivity (Wildman–Crippen MR) is 72.6 cm³/mol. The second kappa shape index (κ2) is 10.00. The maximum Gasteiger partial charge on any atom is 0.0700 e. The van der Waals surface area contributed by atoms with Crippen molar-refractivity contribution in [1.82, 2.24) is 10.3 Å². The Morgan fingerprint density at radius 1 is 1.17 bits per heavy atom. The van der Waals surface area contributed by atoms with Crippen molar-refractivity contribution in [2.75, 3.05) is 33.5 Å². The Kier molecular flexibility index (Phi) is 8.38. The lowest BCUT2D eigenvalue weighted by molar-refractivity contribution is 0.0688. The number of ether oxygens (including phenoxy) is 2.